The molecule has 152 valence electrons. The van der Waals surface area contributed by atoms with Gasteiger partial charge in [0.15, 0.2) is 11.6 Å². The number of likely N-dealkylation sites (tertiary alicyclic amines) is 1. The van der Waals surface area contributed by atoms with Gasteiger partial charge in [-0.05, 0) is 67.6 Å². The number of benzene rings is 2. The van der Waals surface area contributed by atoms with Crippen LogP contribution in [0.5, 0.6) is 11.5 Å². The summed E-state index contributed by atoms with van der Waals surface area (Å²) in [5.74, 6) is -0.790. The fourth-order valence-electron chi connectivity index (χ4n) is 3.41. The Bertz CT molecular complexity index is 912. The van der Waals surface area contributed by atoms with Gasteiger partial charge in [-0.3, -0.25) is 9.69 Å². The third-order valence-electron chi connectivity index (χ3n) is 4.91. The predicted molar refractivity (Wildman–Crippen MR) is 111 cm³/mol. The molecular weight excluding hydrogens is 371 g/mol. The molecule has 29 heavy (non-hydrogen) atoms. The zero-order valence-corrected chi connectivity index (χ0v) is 16.3. The summed E-state index contributed by atoms with van der Waals surface area (Å²) in [6.07, 6.45) is 5.63. The van der Waals surface area contributed by atoms with Gasteiger partial charge in [0, 0.05) is 24.9 Å². The Morgan fingerprint density at radius 2 is 2.10 bits per heavy atom. The molecule has 0 saturated carbocycles. The smallest absolute Gasteiger partial charge is 0.248 e. The lowest BCUT2D eigenvalue weighted by Gasteiger charge is -2.24. The van der Waals surface area contributed by atoms with E-state index in [1.165, 1.54) is 12.1 Å². The van der Waals surface area contributed by atoms with Crippen molar-refractivity contribution in [2.45, 2.75) is 25.4 Å². The number of nitrogens with two attached hydrogens (primary N) is 1. The average Bonchev–Trinajstić information content (AvgIpc) is 3.17. The maximum absolute atomic E-state index is 14.1. The van der Waals surface area contributed by atoms with Gasteiger partial charge >= 0.3 is 0 Å². The van der Waals surface area contributed by atoms with Crippen molar-refractivity contribution >= 4 is 11.6 Å². The van der Waals surface area contributed by atoms with Crippen LogP contribution in [0.2, 0.25) is 0 Å². The molecular formula is C22H25FN4O2. The molecule has 0 aliphatic carbocycles. The molecule has 0 spiro atoms. The van der Waals surface area contributed by atoms with Gasteiger partial charge in [-0.25, -0.2) is 4.39 Å². The van der Waals surface area contributed by atoms with Crippen LogP contribution in [-0.2, 0) is 6.54 Å². The number of rotatable bonds is 8. The molecule has 1 aliphatic rings. The van der Waals surface area contributed by atoms with Gasteiger partial charge in [-0.2, -0.15) is 0 Å². The Hall–Kier alpha value is -3.19. The monoisotopic (exact) mass is 396 g/mol. The van der Waals surface area contributed by atoms with Crippen molar-refractivity contribution in [3.05, 3.63) is 71.7 Å². The molecule has 1 saturated heterocycles. The SMILES string of the molecule is CN/C=C\C(=N)[C@@H]1CCCN1Cc1ccc(Oc2ccc(C(N)=O)cc2F)cc1. The lowest BCUT2D eigenvalue weighted by Crippen LogP contribution is -2.34. The van der Waals surface area contributed by atoms with Crippen LogP contribution in [-0.4, -0.2) is 36.2 Å². The molecule has 0 radical (unpaired) electrons. The third kappa shape index (κ3) is 5.20. The third-order valence-corrected chi connectivity index (χ3v) is 4.91. The Morgan fingerprint density at radius 3 is 2.76 bits per heavy atom. The summed E-state index contributed by atoms with van der Waals surface area (Å²) in [7, 11) is 1.82. The van der Waals surface area contributed by atoms with E-state index in [1.807, 2.05) is 19.2 Å². The first-order valence-electron chi connectivity index (χ1n) is 9.50. The van der Waals surface area contributed by atoms with E-state index < -0.39 is 11.7 Å². The first-order chi connectivity index (χ1) is 14.0. The lowest BCUT2D eigenvalue weighted by molar-refractivity contribution is 0.1000. The summed E-state index contributed by atoms with van der Waals surface area (Å²) < 4.78 is 19.7. The largest absolute Gasteiger partial charge is 0.454 e. The maximum Gasteiger partial charge on any atom is 0.248 e. The van der Waals surface area contributed by atoms with Crippen molar-refractivity contribution in [1.82, 2.24) is 10.2 Å². The fraction of sp³-hybridized carbons (Fsp3) is 0.273. The highest BCUT2D eigenvalue weighted by atomic mass is 19.1. The zero-order chi connectivity index (χ0) is 20.8. The van der Waals surface area contributed by atoms with Crippen molar-refractivity contribution in [1.29, 1.82) is 5.41 Å². The number of carbonyl (C=O) groups excluding carboxylic acids is 1. The quantitative estimate of drug-likeness (QED) is 0.596. The normalized spacial score (nSPS) is 16.8. The van der Waals surface area contributed by atoms with E-state index in [0.717, 1.165) is 37.6 Å². The minimum atomic E-state index is -0.686. The number of hydrogen-bond acceptors (Lipinski definition) is 5. The van der Waals surface area contributed by atoms with E-state index in [-0.39, 0.29) is 17.4 Å². The summed E-state index contributed by atoms with van der Waals surface area (Å²) >= 11 is 0. The van der Waals surface area contributed by atoms with Gasteiger partial charge < -0.3 is 21.2 Å². The molecule has 7 heteroatoms. The van der Waals surface area contributed by atoms with E-state index >= 15 is 0 Å². The van der Waals surface area contributed by atoms with Gasteiger partial charge in [0.1, 0.15) is 5.75 Å². The van der Waals surface area contributed by atoms with Crippen molar-refractivity contribution in [2.75, 3.05) is 13.6 Å². The highest BCUT2D eigenvalue weighted by molar-refractivity contribution is 5.96. The van der Waals surface area contributed by atoms with Gasteiger partial charge in [-0.15, -0.1) is 0 Å². The Labute approximate surface area is 169 Å². The number of carbonyl (C=O) groups is 1. The van der Waals surface area contributed by atoms with Crippen LogP contribution < -0.4 is 15.8 Å². The average molecular weight is 396 g/mol. The first-order valence-corrected chi connectivity index (χ1v) is 9.50. The van der Waals surface area contributed by atoms with E-state index in [2.05, 4.69) is 10.2 Å². The molecule has 1 atom stereocenters. The minimum Gasteiger partial charge on any atom is -0.454 e. The van der Waals surface area contributed by atoms with E-state index in [9.17, 15) is 9.18 Å². The molecule has 1 aliphatic heterocycles. The second-order valence-corrected chi connectivity index (χ2v) is 6.96. The molecule has 6 nitrogen and oxygen atoms in total. The molecule has 3 rings (SSSR count). The van der Waals surface area contributed by atoms with Gasteiger partial charge in [0.25, 0.3) is 0 Å². The van der Waals surface area contributed by atoms with Crippen LogP contribution >= 0.6 is 0 Å². The minimum absolute atomic E-state index is 0.0344. The van der Waals surface area contributed by atoms with Crippen molar-refractivity contribution in [2.24, 2.45) is 5.73 Å². The van der Waals surface area contributed by atoms with E-state index in [0.29, 0.717) is 11.5 Å². The highest BCUT2D eigenvalue weighted by Gasteiger charge is 2.26. The zero-order valence-electron chi connectivity index (χ0n) is 16.3. The van der Waals surface area contributed by atoms with Crippen molar-refractivity contribution in [3.63, 3.8) is 0 Å². The van der Waals surface area contributed by atoms with Crippen LogP contribution in [0.25, 0.3) is 0 Å². The molecule has 0 bridgehead atoms. The number of ether oxygens (including phenoxy) is 1. The Balaban J connectivity index is 1.64. The first kappa shape index (κ1) is 20.5. The van der Waals surface area contributed by atoms with Crippen LogP contribution in [0, 0.1) is 11.2 Å². The summed E-state index contributed by atoms with van der Waals surface area (Å²) in [6.45, 7) is 1.69. The van der Waals surface area contributed by atoms with Crippen LogP contribution in [0.15, 0.2) is 54.7 Å². The molecule has 0 unspecified atom stereocenters. The van der Waals surface area contributed by atoms with Crippen LogP contribution in [0.1, 0.15) is 28.8 Å². The van der Waals surface area contributed by atoms with Gasteiger partial charge in [0.05, 0.1) is 6.04 Å². The Kier molecular flexibility index (Phi) is 6.61. The van der Waals surface area contributed by atoms with Crippen LogP contribution in [0.3, 0.4) is 0 Å². The summed E-state index contributed by atoms with van der Waals surface area (Å²) in [5, 5.41) is 11.2. The molecule has 4 N–H and O–H groups in total. The van der Waals surface area contributed by atoms with Gasteiger partial charge in [0.2, 0.25) is 5.91 Å². The number of halogens is 1. The number of amides is 1. The van der Waals surface area contributed by atoms with Crippen molar-refractivity contribution < 1.29 is 13.9 Å². The standard InChI is InChI=1S/C22H25FN4O2/c1-26-11-10-19(24)20-3-2-12-27(20)14-15-4-7-17(8-5-15)29-21-9-6-16(22(25)28)13-18(21)23/h4-11,13,20,24,26H,2-3,12,14H2,1H3,(H2,25,28)/b11-10-,24-19?/t20-/m0/s1. The summed E-state index contributed by atoms with van der Waals surface area (Å²) in [5.41, 5.74) is 6.95. The second-order valence-electron chi connectivity index (χ2n) is 6.96. The maximum atomic E-state index is 14.1. The number of nitrogens with zero attached hydrogens (tertiary/aromatic N) is 1. The predicted octanol–water partition coefficient (Wildman–Crippen LogP) is 3.43. The Morgan fingerprint density at radius 1 is 1.34 bits per heavy atom. The number of hydrogen-bond donors (Lipinski definition) is 3. The molecule has 0 aromatic heterocycles. The highest BCUT2D eigenvalue weighted by Crippen LogP contribution is 2.27. The molecule has 1 amide bonds. The lowest BCUT2D eigenvalue weighted by atomic mass is 10.1. The number of primary amides is 1. The molecule has 1 fully saturated rings. The van der Waals surface area contributed by atoms with E-state index in [1.54, 1.807) is 24.4 Å². The van der Waals surface area contributed by atoms with E-state index in [4.69, 9.17) is 15.9 Å². The van der Waals surface area contributed by atoms with Crippen LogP contribution in [0.4, 0.5) is 4.39 Å². The topological polar surface area (TPSA) is 91.4 Å². The molecule has 2 aromatic rings. The van der Waals surface area contributed by atoms with Gasteiger partial charge in [-0.1, -0.05) is 12.1 Å². The molecule has 2 aromatic carbocycles. The number of nitrogens with one attached hydrogen (secondary N) is 2. The second kappa shape index (κ2) is 9.34. The summed E-state index contributed by atoms with van der Waals surface area (Å²) in [6, 6.07) is 11.5. The summed E-state index contributed by atoms with van der Waals surface area (Å²) in [4.78, 5) is 13.4. The van der Waals surface area contributed by atoms with Crippen molar-refractivity contribution in [3.8, 4) is 11.5 Å². The fourth-order valence-corrected chi connectivity index (χ4v) is 3.41. The molecule has 1 heterocycles.